The van der Waals surface area contributed by atoms with Crippen LogP contribution in [0.5, 0.6) is 0 Å². The highest BCUT2D eigenvalue weighted by Gasteiger charge is 2.20. The van der Waals surface area contributed by atoms with E-state index in [0.29, 0.717) is 25.3 Å². The summed E-state index contributed by atoms with van der Waals surface area (Å²) >= 11 is 0. The van der Waals surface area contributed by atoms with Crippen molar-refractivity contribution in [3.05, 3.63) is 0 Å². The summed E-state index contributed by atoms with van der Waals surface area (Å²) in [6.45, 7) is 9.46. The van der Waals surface area contributed by atoms with E-state index in [4.69, 9.17) is 5.11 Å². The molecule has 20 heavy (non-hydrogen) atoms. The molecule has 1 rings (SSSR count). The fraction of sp³-hybridized carbons (Fsp3) is 0.857. The Kier molecular flexibility index (Phi) is 7.36. The second kappa shape index (κ2) is 8.79. The van der Waals surface area contributed by atoms with Gasteiger partial charge in [0.2, 0.25) is 0 Å². The average Bonchev–Trinajstić information content (AvgIpc) is 2.38. The number of hydrogen-bond acceptors (Lipinski definition) is 3. The van der Waals surface area contributed by atoms with E-state index in [1.54, 1.807) is 0 Å². The van der Waals surface area contributed by atoms with Gasteiger partial charge in [-0.1, -0.05) is 13.8 Å². The molecule has 1 fully saturated rings. The summed E-state index contributed by atoms with van der Waals surface area (Å²) in [7, 11) is 0. The maximum atomic E-state index is 11.9. The molecule has 0 aliphatic carbocycles. The number of carbonyl (C=O) groups is 2. The third-order valence-electron chi connectivity index (χ3n) is 3.38. The Balaban J connectivity index is 2.11. The van der Waals surface area contributed by atoms with E-state index in [2.05, 4.69) is 24.1 Å². The number of aliphatic carboxylic acids is 1. The highest BCUT2D eigenvalue weighted by Crippen LogP contribution is 2.05. The Hall–Kier alpha value is -1.30. The summed E-state index contributed by atoms with van der Waals surface area (Å²) in [6, 6.07) is -0.0236. The molecule has 0 aromatic heterocycles. The van der Waals surface area contributed by atoms with Crippen LogP contribution < -0.4 is 5.32 Å². The number of nitrogens with zero attached hydrogens (tertiary/aromatic N) is 2. The minimum Gasteiger partial charge on any atom is -0.481 e. The van der Waals surface area contributed by atoms with E-state index in [1.807, 2.05) is 4.90 Å². The monoisotopic (exact) mass is 285 g/mol. The van der Waals surface area contributed by atoms with Gasteiger partial charge in [0.15, 0.2) is 0 Å². The number of urea groups is 1. The molecule has 6 nitrogen and oxygen atoms in total. The predicted octanol–water partition coefficient (Wildman–Crippen LogP) is 1.22. The van der Waals surface area contributed by atoms with Crippen molar-refractivity contribution in [2.75, 3.05) is 39.3 Å². The topological polar surface area (TPSA) is 72.9 Å². The number of carboxylic acid groups (broad SMARTS) is 1. The molecule has 2 N–H and O–H groups in total. The Morgan fingerprint density at radius 1 is 1.15 bits per heavy atom. The van der Waals surface area contributed by atoms with Gasteiger partial charge in [-0.25, -0.2) is 4.79 Å². The molecule has 1 aliphatic rings. The number of amides is 2. The smallest absolute Gasteiger partial charge is 0.317 e. The molecule has 1 saturated heterocycles. The van der Waals surface area contributed by atoms with E-state index in [1.165, 1.54) is 0 Å². The lowest BCUT2D eigenvalue weighted by atomic mass is 10.2. The third-order valence-corrected chi connectivity index (χ3v) is 3.38. The van der Waals surface area contributed by atoms with Gasteiger partial charge >= 0.3 is 12.0 Å². The van der Waals surface area contributed by atoms with E-state index in [-0.39, 0.29) is 12.5 Å². The summed E-state index contributed by atoms with van der Waals surface area (Å²) in [5.41, 5.74) is 0. The number of hydrogen-bond donors (Lipinski definition) is 2. The van der Waals surface area contributed by atoms with Crippen molar-refractivity contribution >= 4 is 12.0 Å². The molecule has 6 heteroatoms. The lowest BCUT2D eigenvalue weighted by Crippen LogP contribution is -2.52. The van der Waals surface area contributed by atoms with Gasteiger partial charge in [0.25, 0.3) is 0 Å². The maximum absolute atomic E-state index is 11.9. The van der Waals surface area contributed by atoms with Crippen LogP contribution in [0.25, 0.3) is 0 Å². The third kappa shape index (κ3) is 6.75. The van der Waals surface area contributed by atoms with Crippen LogP contribution >= 0.6 is 0 Å². The molecule has 0 saturated carbocycles. The van der Waals surface area contributed by atoms with Crippen molar-refractivity contribution in [3.8, 4) is 0 Å². The summed E-state index contributed by atoms with van der Waals surface area (Å²) in [6.07, 6.45) is 1.49. The van der Waals surface area contributed by atoms with Crippen LogP contribution in [0, 0.1) is 5.92 Å². The second-order valence-electron chi connectivity index (χ2n) is 5.76. The molecular formula is C14H27N3O3. The lowest BCUT2D eigenvalue weighted by Gasteiger charge is -2.35. The van der Waals surface area contributed by atoms with Gasteiger partial charge in [-0.05, 0) is 18.8 Å². The molecule has 0 aromatic carbocycles. The van der Waals surface area contributed by atoms with Gasteiger partial charge in [-0.15, -0.1) is 0 Å². The van der Waals surface area contributed by atoms with Crippen LogP contribution in [0.15, 0.2) is 0 Å². The largest absolute Gasteiger partial charge is 0.481 e. The Labute approximate surface area is 121 Å². The molecule has 0 aromatic rings. The van der Waals surface area contributed by atoms with Crippen molar-refractivity contribution in [1.82, 2.24) is 15.1 Å². The van der Waals surface area contributed by atoms with Gasteiger partial charge < -0.3 is 15.3 Å². The summed E-state index contributed by atoms with van der Waals surface area (Å²) < 4.78 is 0. The zero-order chi connectivity index (χ0) is 15.0. The fourth-order valence-corrected chi connectivity index (χ4v) is 2.36. The standard InChI is InChI=1S/C14H27N3O3/c1-12(2)11-16-7-9-17(10-8-16)14(20)15-6-4-3-5-13(18)19/h12H,3-11H2,1-2H3,(H,15,20)(H,18,19). The lowest BCUT2D eigenvalue weighted by molar-refractivity contribution is -0.137. The molecule has 0 atom stereocenters. The number of carboxylic acids is 1. The van der Waals surface area contributed by atoms with Crippen molar-refractivity contribution in [2.45, 2.75) is 33.1 Å². The number of piperazine rings is 1. The highest BCUT2D eigenvalue weighted by atomic mass is 16.4. The van der Waals surface area contributed by atoms with Crippen molar-refractivity contribution in [3.63, 3.8) is 0 Å². The quantitative estimate of drug-likeness (QED) is 0.690. The van der Waals surface area contributed by atoms with Crippen LogP contribution in [0.3, 0.4) is 0 Å². The van der Waals surface area contributed by atoms with Crippen LogP contribution in [-0.2, 0) is 4.79 Å². The predicted molar refractivity (Wildman–Crippen MR) is 77.7 cm³/mol. The molecule has 0 spiro atoms. The Bertz CT molecular complexity index is 313. The van der Waals surface area contributed by atoms with Gasteiger partial charge in [0, 0.05) is 45.7 Å². The molecule has 1 aliphatic heterocycles. The van der Waals surface area contributed by atoms with Gasteiger partial charge in [0.05, 0.1) is 0 Å². The van der Waals surface area contributed by atoms with Crippen LogP contribution in [-0.4, -0.2) is 66.2 Å². The molecule has 2 amide bonds. The summed E-state index contributed by atoms with van der Waals surface area (Å²) in [5, 5.41) is 11.4. The van der Waals surface area contributed by atoms with Crippen LogP contribution in [0.4, 0.5) is 4.79 Å². The van der Waals surface area contributed by atoms with Gasteiger partial charge in [-0.2, -0.15) is 0 Å². The molecule has 0 radical (unpaired) electrons. The highest BCUT2D eigenvalue weighted by molar-refractivity contribution is 5.74. The van der Waals surface area contributed by atoms with Crippen molar-refractivity contribution in [1.29, 1.82) is 0 Å². The van der Waals surface area contributed by atoms with Crippen molar-refractivity contribution < 1.29 is 14.7 Å². The zero-order valence-electron chi connectivity index (χ0n) is 12.6. The molecule has 0 unspecified atom stereocenters. The molecule has 116 valence electrons. The number of nitrogens with one attached hydrogen (secondary N) is 1. The van der Waals surface area contributed by atoms with E-state index >= 15 is 0 Å². The van der Waals surface area contributed by atoms with Gasteiger partial charge in [0.1, 0.15) is 0 Å². The SMILES string of the molecule is CC(C)CN1CCN(C(=O)NCCCCC(=O)O)CC1. The van der Waals surface area contributed by atoms with E-state index in [0.717, 1.165) is 32.7 Å². The Morgan fingerprint density at radius 3 is 2.35 bits per heavy atom. The first-order chi connectivity index (χ1) is 9.49. The van der Waals surface area contributed by atoms with Crippen molar-refractivity contribution in [2.24, 2.45) is 5.92 Å². The van der Waals surface area contributed by atoms with E-state index in [9.17, 15) is 9.59 Å². The number of rotatable bonds is 7. The fourth-order valence-electron chi connectivity index (χ4n) is 2.36. The van der Waals surface area contributed by atoms with E-state index < -0.39 is 5.97 Å². The first-order valence-electron chi connectivity index (χ1n) is 7.46. The zero-order valence-corrected chi connectivity index (χ0v) is 12.6. The van der Waals surface area contributed by atoms with Crippen LogP contribution in [0.1, 0.15) is 33.1 Å². The second-order valence-corrected chi connectivity index (χ2v) is 5.76. The summed E-state index contributed by atoms with van der Waals surface area (Å²) in [4.78, 5) is 26.5. The maximum Gasteiger partial charge on any atom is 0.317 e. The Morgan fingerprint density at radius 2 is 1.80 bits per heavy atom. The number of carbonyl (C=O) groups excluding carboxylic acids is 1. The first kappa shape index (κ1) is 16.8. The molecule has 1 heterocycles. The normalized spacial score (nSPS) is 16.4. The average molecular weight is 285 g/mol. The molecule has 0 bridgehead atoms. The summed E-state index contributed by atoms with van der Waals surface area (Å²) in [5.74, 6) is -0.123. The van der Waals surface area contributed by atoms with Crippen LogP contribution in [0.2, 0.25) is 0 Å². The van der Waals surface area contributed by atoms with Gasteiger partial charge in [-0.3, -0.25) is 9.69 Å². The molecular weight excluding hydrogens is 258 g/mol. The minimum absolute atomic E-state index is 0.0236. The minimum atomic E-state index is -0.780. The first-order valence-corrected chi connectivity index (χ1v) is 7.46. The number of unbranched alkanes of at least 4 members (excludes halogenated alkanes) is 1.